The number of carbonyl (C=O) groups is 1. The van der Waals surface area contributed by atoms with Gasteiger partial charge in [0.25, 0.3) is 0 Å². The van der Waals surface area contributed by atoms with Crippen LogP contribution in [-0.4, -0.2) is 64.6 Å². The summed E-state index contributed by atoms with van der Waals surface area (Å²) in [4.78, 5) is 26.7. The maximum Gasteiger partial charge on any atom is 0.230 e. The van der Waals surface area contributed by atoms with Crippen molar-refractivity contribution in [3.8, 4) is 0 Å². The molecule has 3 atom stereocenters. The number of aromatic nitrogens is 2. The fourth-order valence-corrected chi connectivity index (χ4v) is 5.22. The van der Waals surface area contributed by atoms with Gasteiger partial charge in [0, 0.05) is 42.3 Å². The number of hydrogen-bond acceptors (Lipinski definition) is 6. The van der Waals surface area contributed by atoms with Crippen LogP contribution in [0.25, 0.3) is 0 Å². The largest absolute Gasteiger partial charge is 0.387 e. The number of nitrogens with zero attached hydrogens (tertiary/aromatic N) is 4. The number of piperazine rings is 1. The number of hydrogen-bond donors (Lipinski definition) is 2. The normalized spacial score (nSPS) is 21.4. The molecule has 1 aromatic carbocycles. The van der Waals surface area contributed by atoms with Gasteiger partial charge in [0.2, 0.25) is 5.91 Å². The van der Waals surface area contributed by atoms with Crippen LogP contribution >= 0.6 is 15.9 Å². The molecule has 2 aliphatic rings. The van der Waals surface area contributed by atoms with E-state index in [2.05, 4.69) is 69.0 Å². The van der Waals surface area contributed by atoms with Crippen molar-refractivity contribution in [2.75, 3.05) is 37.6 Å². The van der Waals surface area contributed by atoms with E-state index < -0.39 is 6.10 Å². The molecule has 0 unspecified atom stereocenters. The first kappa shape index (κ1) is 24.1. The summed E-state index contributed by atoms with van der Waals surface area (Å²) in [6.07, 6.45) is 2.51. The van der Waals surface area contributed by atoms with Gasteiger partial charge >= 0.3 is 0 Å². The molecule has 2 heterocycles. The summed E-state index contributed by atoms with van der Waals surface area (Å²) < 4.78 is 1.02. The minimum atomic E-state index is -0.509. The first-order valence-corrected chi connectivity index (χ1v) is 12.7. The molecule has 0 saturated carbocycles. The number of aliphatic hydroxyl groups is 1. The molecule has 1 amide bonds. The van der Waals surface area contributed by atoms with Crippen LogP contribution in [-0.2, 0) is 4.79 Å². The highest BCUT2D eigenvalue weighted by Crippen LogP contribution is 2.42. The molecule has 8 heteroatoms. The SMILES string of the molecule is CC(C)NCC[C@@H](C(=O)N1CCN(c2ncnc3c2[C@H](C)C[C@H]3O)CC1)c1ccc(Br)cc1. The van der Waals surface area contributed by atoms with E-state index in [0.717, 1.165) is 53.2 Å². The molecule has 1 aliphatic carbocycles. The van der Waals surface area contributed by atoms with E-state index in [1.807, 2.05) is 17.0 Å². The minimum absolute atomic E-state index is 0.158. The van der Waals surface area contributed by atoms with Gasteiger partial charge in [0.05, 0.1) is 17.7 Å². The lowest BCUT2D eigenvalue weighted by Gasteiger charge is -2.38. The molecule has 1 fully saturated rings. The first-order valence-electron chi connectivity index (χ1n) is 11.9. The Morgan fingerprint density at radius 1 is 1.18 bits per heavy atom. The van der Waals surface area contributed by atoms with Gasteiger partial charge < -0.3 is 20.2 Å². The Bertz CT molecular complexity index is 960. The topological polar surface area (TPSA) is 81.6 Å². The lowest BCUT2D eigenvalue weighted by atomic mass is 9.93. The maximum atomic E-state index is 13.6. The maximum absolute atomic E-state index is 13.6. The van der Waals surface area contributed by atoms with Crippen molar-refractivity contribution >= 4 is 27.7 Å². The van der Waals surface area contributed by atoms with E-state index in [-0.39, 0.29) is 17.7 Å². The number of fused-ring (bicyclic) bond motifs is 1. The van der Waals surface area contributed by atoms with Gasteiger partial charge in [0.1, 0.15) is 12.1 Å². The summed E-state index contributed by atoms with van der Waals surface area (Å²) in [7, 11) is 0. The zero-order valence-corrected chi connectivity index (χ0v) is 21.3. The fourth-order valence-electron chi connectivity index (χ4n) is 4.96. The number of aliphatic hydroxyl groups excluding tert-OH is 1. The minimum Gasteiger partial charge on any atom is -0.387 e. The van der Waals surface area contributed by atoms with Crippen molar-refractivity contribution in [1.82, 2.24) is 20.2 Å². The van der Waals surface area contributed by atoms with Crippen LogP contribution in [0, 0.1) is 0 Å². The second kappa shape index (κ2) is 10.5. The van der Waals surface area contributed by atoms with Gasteiger partial charge in [-0.3, -0.25) is 4.79 Å². The monoisotopic (exact) mass is 515 g/mol. The molecule has 1 aromatic heterocycles. The molecule has 1 saturated heterocycles. The van der Waals surface area contributed by atoms with Crippen LogP contribution < -0.4 is 10.2 Å². The Hall–Kier alpha value is -2.03. The lowest BCUT2D eigenvalue weighted by molar-refractivity contribution is -0.133. The van der Waals surface area contributed by atoms with Crippen molar-refractivity contribution in [1.29, 1.82) is 0 Å². The predicted molar refractivity (Wildman–Crippen MR) is 133 cm³/mol. The third kappa shape index (κ3) is 5.39. The molecule has 0 spiro atoms. The molecule has 33 heavy (non-hydrogen) atoms. The summed E-state index contributed by atoms with van der Waals surface area (Å²) in [5.74, 6) is 1.19. The molecular formula is C25H34BrN5O2. The van der Waals surface area contributed by atoms with Crippen LogP contribution in [0.1, 0.15) is 68.4 Å². The molecular weight excluding hydrogens is 482 g/mol. The van der Waals surface area contributed by atoms with E-state index >= 15 is 0 Å². The molecule has 178 valence electrons. The molecule has 2 aromatic rings. The number of halogens is 1. The highest BCUT2D eigenvalue weighted by atomic mass is 79.9. The molecule has 0 radical (unpaired) electrons. The van der Waals surface area contributed by atoms with Crippen LogP contribution in [0.5, 0.6) is 0 Å². The summed E-state index contributed by atoms with van der Waals surface area (Å²) in [6, 6.07) is 8.51. The Kier molecular flexibility index (Phi) is 7.66. The zero-order chi connectivity index (χ0) is 23.5. The molecule has 1 aliphatic heterocycles. The zero-order valence-electron chi connectivity index (χ0n) is 19.7. The van der Waals surface area contributed by atoms with Crippen LogP contribution in [0.2, 0.25) is 0 Å². The Morgan fingerprint density at radius 3 is 2.55 bits per heavy atom. The van der Waals surface area contributed by atoms with Crippen LogP contribution in [0.15, 0.2) is 35.1 Å². The fraction of sp³-hybridized carbons (Fsp3) is 0.560. The molecule has 7 nitrogen and oxygen atoms in total. The van der Waals surface area contributed by atoms with Gasteiger partial charge in [-0.15, -0.1) is 0 Å². The second-order valence-corrected chi connectivity index (χ2v) is 10.4. The van der Waals surface area contributed by atoms with Gasteiger partial charge in [-0.05, 0) is 43.0 Å². The van der Waals surface area contributed by atoms with Gasteiger partial charge in [-0.1, -0.05) is 48.8 Å². The average molecular weight is 516 g/mol. The Balaban J connectivity index is 1.45. The summed E-state index contributed by atoms with van der Waals surface area (Å²) in [5.41, 5.74) is 2.89. The van der Waals surface area contributed by atoms with Crippen molar-refractivity contribution in [2.45, 2.75) is 57.6 Å². The summed E-state index contributed by atoms with van der Waals surface area (Å²) in [5, 5.41) is 13.8. The molecule has 2 N–H and O–H groups in total. The molecule has 0 bridgehead atoms. The van der Waals surface area contributed by atoms with E-state index in [9.17, 15) is 9.90 Å². The summed E-state index contributed by atoms with van der Waals surface area (Å²) >= 11 is 3.50. The summed E-state index contributed by atoms with van der Waals surface area (Å²) in [6.45, 7) is 9.97. The van der Waals surface area contributed by atoms with Gasteiger partial charge in [0.15, 0.2) is 0 Å². The number of rotatable bonds is 7. The smallest absolute Gasteiger partial charge is 0.230 e. The van der Waals surface area contributed by atoms with Gasteiger partial charge in [-0.2, -0.15) is 0 Å². The number of nitrogens with one attached hydrogen (secondary N) is 1. The third-order valence-electron chi connectivity index (χ3n) is 6.73. The van der Waals surface area contributed by atoms with E-state index in [0.29, 0.717) is 25.6 Å². The highest BCUT2D eigenvalue weighted by Gasteiger charge is 2.35. The van der Waals surface area contributed by atoms with Crippen molar-refractivity contribution < 1.29 is 9.90 Å². The molecule has 4 rings (SSSR count). The van der Waals surface area contributed by atoms with Crippen molar-refractivity contribution in [2.24, 2.45) is 0 Å². The standard InChI is InChI=1S/C25H34BrN5O2/c1-16(2)27-9-8-20(18-4-6-19(26)7-5-18)25(33)31-12-10-30(11-13-31)24-22-17(3)14-21(32)23(22)28-15-29-24/h4-7,15-17,20-21,27,32H,8-14H2,1-3H3/t17-,20-,21-/m1/s1. The second-order valence-electron chi connectivity index (χ2n) is 9.46. The first-order chi connectivity index (χ1) is 15.8. The van der Waals surface area contributed by atoms with Gasteiger partial charge in [-0.25, -0.2) is 9.97 Å². The number of carbonyl (C=O) groups excluding carboxylic acids is 1. The number of amides is 1. The average Bonchev–Trinajstić information content (AvgIpc) is 3.11. The Morgan fingerprint density at radius 2 is 1.88 bits per heavy atom. The number of anilines is 1. The van der Waals surface area contributed by atoms with Crippen molar-refractivity contribution in [3.05, 3.63) is 51.9 Å². The quantitative estimate of drug-likeness (QED) is 0.586. The van der Waals surface area contributed by atoms with E-state index in [1.54, 1.807) is 6.33 Å². The predicted octanol–water partition coefficient (Wildman–Crippen LogP) is 3.60. The van der Waals surface area contributed by atoms with E-state index in [1.165, 1.54) is 0 Å². The van der Waals surface area contributed by atoms with Crippen LogP contribution in [0.3, 0.4) is 0 Å². The van der Waals surface area contributed by atoms with Crippen molar-refractivity contribution in [3.63, 3.8) is 0 Å². The Labute approximate surface area is 204 Å². The third-order valence-corrected chi connectivity index (χ3v) is 7.25. The van der Waals surface area contributed by atoms with E-state index in [4.69, 9.17) is 0 Å². The highest BCUT2D eigenvalue weighted by molar-refractivity contribution is 9.10. The lowest BCUT2D eigenvalue weighted by Crippen LogP contribution is -2.50. The number of benzene rings is 1. The van der Waals surface area contributed by atoms with Crippen LogP contribution in [0.4, 0.5) is 5.82 Å².